The second-order valence-electron chi connectivity index (χ2n) is 6.56. The summed E-state index contributed by atoms with van der Waals surface area (Å²) >= 11 is 0. The van der Waals surface area contributed by atoms with Crippen LogP contribution in [0.1, 0.15) is 24.2 Å². The predicted molar refractivity (Wildman–Crippen MR) is 113 cm³/mol. The number of hydrogen-bond donors (Lipinski definition) is 1. The summed E-state index contributed by atoms with van der Waals surface area (Å²) in [6.07, 6.45) is -0.863. The number of benzene rings is 3. The molecule has 0 spiro atoms. The van der Waals surface area contributed by atoms with Crippen LogP contribution in [0.25, 0.3) is 0 Å². The number of ether oxygens (including phenoxy) is 3. The fourth-order valence-electron chi connectivity index (χ4n) is 2.92. The Balaban J connectivity index is 1.63. The monoisotopic (exact) mass is 427 g/mol. The summed E-state index contributed by atoms with van der Waals surface area (Å²) < 4.78 is 40.2. The standard InChI is InChI=1S/C24H23F2NO4/c1-2-29-23(28)22(18-8-4-3-5-9-18)30-20-13-11-19(12-14-20)27-16-17-7-6-10-21(15-17)31-24(25)26/h3-15,22,24,27H,2,16H2,1H3. The molecule has 0 radical (unpaired) electrons. The van der Waals surface area contributed by atoms with Crippen molar-refractivity contribution in [1.29, 1.82) is 0 Å². The molecule has 1 atom stereocenters. The average Bonchev–Trinajstić information content (AvgIpc) is 2.77. The van der Waals surface area contributed by atoms with E-state index in [4.69, 9.17) is 9.47 Å². The SMILES string of the molecule is CCOC(=O)C(Oc1ccc(NCc2cccc(OC(F)F)c2)cc1)c1ccccc1. The molecule has 3 aromatic rings. The summed E-state index contributed by atoms with van der Waals surface area (Å²) in [5.41, 5.74) is 2.30. The molecule has 162 valence electrons. The van der Waals surface area contributed by atoms with Gasteiger partial charge in [0.1, 0.15) is 11.5 Å². The van der Waals surface area contributed by atoms with E-state index in [0.717, 1.165) is 11.3 Å². The van der Waals surface area contributed by atoms with E-state index in [2.05, 4.69) is 10.1 Å². The number of alkyl halides is 2. The van der Waals surface area contributed by atoms with Gasteiger partial charge >= 0.3 is 12.6 Å². The number of hydrogen-bond acceptors (Lipinski definition) is 5. The summed E-state index contributed by atoms with van der Waals surface area (Å²) in [5.74, 6) is 0.172. The second kappa shape index (κ2) is 11.0. The van der Waals surface area contributed by atoms with Crippen LogP contribution in [0.2, 0.25) is 0 Å². The highest BCUT2D eigenvalue weighted by Crippen LogP contribution is 2.25. The van der Waals surface area contributed by atoms with E-state index in [0.29, 0.717) is 17.9 Å². The maximum atomic E-state index is 12.4. The molecular weight excluding hydrogens is 404 g/mol. The zero-order valence-corrected chi connectivity index (χ0v) is 17.0. The molecule has 3 aromatic carbocycles. The van der Waals surface area contributed by atoms with Crippen molar-refractivity contribution in [2.75, 3.05) is 11.9 Å². The third-order valence-electron chi connectivity index (χ3n) is 4.33. The van der Waals surface area contributed by atoms with Gasteiger partial charge in [-0.2, -0.15) is 8.78 Å². The Bertz CT molecular complexity index is 965. The van der Waals surface area contributed by atoms with Crippen molar-refractivity contribution in [2.45, 2.75) is 26.2 Å². The van der Waals surface area contributed by atoms with Crippen LogP contribution in [0.3, 0.4) is 0 Å². The summed E-state index contributed by atoms with van der Waals surface area (Å²) in [5, 5.41) is 3.21. The summed E-state index contributed by atoms with van der Waals surface area (Å²) in [6, 6.07) is 22.8. The van der Waals surface area contributed by atoms with E-state index in [1.165, 1.54) is 6.07 Å². The summed E-state index contributed by atoms with van der Waals surface area (Å²) in [4.78, 5) is 12.4. The molecule has 0 fully saturated rings. The first-order valence-corrected chi connectivity index (χ1v) is 9.81. The van der Waals surface area contributed by atoms with Crippen LogP contribution in [0.5, 0.6) is 11.5 Å². The van der Waals surface area contributed by atoms with Crippen molar-refractivity contribution in [2.24, 2.45) is 0 Å². The lowest BCUT2D eigenvalue weighted by molar-refractivity contribution is -0.151. The molecule has 0 aromatic heterocycles. The van der Waals surface area contributed by atoms with Gasteiger partial charge in [-0.15, -0.1) is 0 Å². The van der Waals surface area contributed by atoms with Crippen LogP contribution in [0.15, 0.2) is 78.9 Å². The highest BCUT2D eigenvalue weighted by molar-refractivity contribution is 5.77. The van der Waals surface area contributed by atoms with Gasteiger partial charge in [0.15, 0.2) is 0 Å². The molecule has 0 aliphatic carbocycles. The lowest BCUT2D eigenvalue weighted by Crippen LogP contribution is -2.21. The van der Waals surface area contributed by atoms with Gasteiger partial charge in [0.05, 0.1) is 6.61 Å². The molecule has 0 amide bonds. The van der Waals surface area contributed by atoms with Crippen molar-refractivity contribution in [3.8, 4) is 11.5 Å². The first kappa shape index (κ1) is 22.1. The molecule has 0 aliphatic heterocycles. The number of carbonyl (C=O) groups is 1. The van der Waals surface area contributed by atoms with Gasteiger partial charge in [-0.25, -0.2) is 4.79 Å². The quantitative estimate of drug-likeness (QED) is 0.428. The minimum Gasteiger partial charge on any atom is -0.474 e. The first-order chi connectivity index (χ1) is 15.0. The number of halogens is 2. The van der Waals surface area contributed by atoms with Crippen LogP contribution < -0.4 is 14.8 Å². The molecule has 0 saturated heterocycles. The smallest absolute Gasteiger partial charge is 0.387 e. The number of anilines is 1. The minimum absolute atomic E-state index is 0.115. The maximum Gasteiger partial charge on any atom is 0.387 e. The van der Waals surface area contributed by atoms with Gasteiger partial charge in [-0.1, -0.05) is 42.5 Å². The van der Waals surface area contributed by atoms with Crippen LogP contribution in [0.4, 0.5) is 14.5 Å². The van der Waals surface area contributed by atoms with E-state index in [1.54, 1.807) is 31.2 Å². The highest BCUT2D eigenvalue weighted by atomic mass is 19.3. The van der Waals surface area contributed by atoms with Crippen LogP contribution in [-0.2, 0) is 16.1 Å². The lowest BCUT2D eigenvalue weighted by atomic mass is 10.1. The number of nitrogens with one attached hydrogen (secondary N) is 1. The van der Waals surface area contributed by atoms with Gasteiger partial charge in [0.25, 0.3) is 0 Å². The minimum atomic E-state index is -2.86. The van der Waals surface area contributed by atoms with E-state index in [1.807, 2.05) is 48.5 Å². The molecule has 0 saturated carbocycles. The third-order valence-corrected chi connectivity index (χ3v) is 4.33. The van der Waals surface area contributed by atoms with Crippen molar-refractivity contribution < 1.29 is 27.8 Å². The van der Waals surface area contributed by atoms with Crippen molar-refractivity contribution in [3.05, 3.63) is 90.0 Å². The first-order valence-electron chi connectivity index (χ1n) is 9.81. The highest BCUT2D eigenvalue weighted by Gasteiger charge is 2.24. The molecule has 1 N–H and O–H groups in total. The summed E-state index contributed by atoms with van der Waals surface area (Å²) in [7, 11) is 0. The Labute approximate surface area is 179 Å². The second-order valence-corrected chi connectivity index (χ2v) is 6.56. The van der Waals surface area contributed by atoms with Gasteiger partial charge in [0, 0.05) is 17.8 Å². The molecule has 0 aliphatic rings. The van der Waals surface area contributed by atoms with Crippen molar-refractivity contribution in [1.82, 2.24) is 0 Å². The molecule has 3 rings (SSSR count). The van der Waals surface area contributed by atoms with Gasteiger partial charge in [-0.05, 0) is 48.9 Å². The van der Waals surface area contributed by atoms with Crippen LogP contribution in [-0.4, -0.2) is 19.2 Å². The van der Waals surface area contributed by atoms with Crippen LogP contribution >= 0.6 is 0 Å². The Morgan fingerprint density at radius 2 is 1.65 bits per heavy atom. The fraction of sp³-hybridized carbons (Fsp3) is 0.208. The number of esters is 1. The molecule has 7 heteroatoms. The van der Waals surface area contributed by atoms with E-state index >= 15 is 0 Å². The maximum absolute atomic E-state index is 12.4. The number of carbonyl (C=O) groups excluding carboxylic acids is 1. The molecule has 31 heavy (non-hydrogen) atoms. The van der Waals surface area contributed by atoms with E-state index < -0.39 is 18.7 Å². The molecule has 0 heterocycles. The van der Waals surface area contributed by atoms with Gasteiger partial charge in [-0.3, -0.25) is 0 Å². The summed E-state index contributed by atoms with van der Waals surface area (Å²) in [6.45, 7) is -0.422. The van der Waals surface area contributed by atoms with Crippen LogP contribution in [0, 0.1) is 0 Å². The fourth-order valence-corrected chi connectivity index (χ4v) is 2.92. The zero-order valence-electron chi connectivity index (χ0n) is 17.0. The average molecular weight is 427 g/mol. The molecule has 1 unspecified atom stereocenters. The largest absolute Gasteiger partial charge is 0.474 e. The Morgan fingerprint density at radius 3 is 2.32 bits per heavy atom. The third kappa shape index (κ3) is 6.70. The number of rotatable bonds is 10. The van der Waals surface area contributed by atoms with Crippen molar-refractivity contribution in [3.63, 3.8) is 0 Å². The topological polar surface area (TPSA) is 56.8 Å². The normalized spacial score (nSPS) is 11.6. The van der Waals surface area contributed by atoms with Crippen molar-refractivity contribution >= 4 is 11.7 Å². The van der Waals surface area contributed by atoms with Gasteiger partial charge < -0.3 is 19.5 Å². The molecule has 5 nitrogen and oxygen atoms in total. The zero-order chi connectivity index (χ0) is 22.1. The van der Waals surface area contributed by atoms with E-state index in [9.17, 15) is 13.6 Å². The Hall–Kier alpha value is -3.61. The van der Waals surface area contributed by atoms with E-state index in [-0.39, 0.29) is 12.4 Å². The molecular formula is C24H23F2NO4. The lowest BCUT2D eigenvalue weighted by Gasteiger charge is -2.18. The Morgan fingerprint density at radius 1 is 0.903 bits per heavy atom. The van der Waals surface area contributed by atoms with Gasteiger partial charge in [0.2, 0.25) is 6.10 Å². The predicted octanol–water partition coefficient (Wildman–Crippen LogP) is 5.58. The Kier molecular flexibility index (Phi) is 7.81. The molecule has 0 bridgehead atoms.